The minimum absolute atomic E-state index is 0.0140. The summed E-state index contributed by atoms with van der Waals surface area (Å²) in [6.45, 7) is 0.936. The lowest BCUT2D eigenvalue weighted by atomic mass is 9.80. The highest BCUT2D eigenvalue weighted by Crippen LogP contribution is 2.28. The van der Waals surface area contributed by atoms with Crippen LogP contribution in [0.15, 0.2) is 208 Å². The highest BCUT2D eigenvalue weighted by molar-refractivity contribution is 9.10. The van der Waals surface area contributed by atoms with E-state index in [2.05, 4.69) is 15.9 Å². The van der Waals surface area contributed by atoms with Crippen LogP contribution < -0.4 is 25.2 Å². The van der Waals surface area contributed by atoms with Crippen molar-refractivity contribution in [3.05, 3.63) is 242 Å². The van der Waals surface area contributed by atoms with Crippen molar-refractivity contribution in [2.45, 2.75) is 23.0 Å². The zero-order valence-corrected chi connectivity index (χ0v) is 41.5. The van der Waals surface area contributed by atoms with Gasteiger partial charge < -0.3 is 19.5 Å². The van der Waals surface area contributed by atoms with Gasteiger partial charge in [-0.1, -0.05) is 148 Å². The van der Waals surface area contributed by atoms with Crippen molar-refractivity contribution in [1.29, 1.82) is 0 Å². The van der Waals surface area contributed by atoms with Crippen molar-refractivity contribution in [2.75, 3.05) is 0 Å². The minimum Gasteiger partial charge on any atom is -0.489 e. The van der Waals surface area contributed by atoms with Crippen LogP contribution in [0, 0.1) is 0 Å². The van der Waals surface area contributed by atoms with E-state index in [4.69, 9.17) is 53.0 Å². The van der Waals surface area contributed by atoms with Gasteiger partial charge in [0, 0.05) is 26.7 Å². The van der Waals surface area contributed by atoms with Crippen molar-refractivity contribution in [2.24, 2.45) is 10.3 Å². The molecular formula is C52H42BBrCl2N2O10S2. The Morgan fingerprint density at radius 2 is 0.900 bits per heavy atom. The molecule has 8 rings (SSSR count). The molecular weight excluding hydrogens is 1040 g/mol. The molecule has 0 amide bonds. The number of primary sulfonamides is 2. The molecule has 18 heteroatoms. The molecule has 6 N–H and O–H groups in total. The zero-order valence-electron chi connectivity index (χ0n) is 36.7. The van der Waals surface area contributed by atoms with Crippen molar-refractivity contribution in [3.8, 4) is 22.6 Å². The van der Waals surface area contributed by atoms with Gasteiger partial charge in [0.05, 0.1) is 10.0 Å². The number of halogens is 3. The van der Waals surface area contributed by atoms with E-state index in [-0.39, 0.29) is 42.5 Å². The average molecular weight is 1080 g/mol. The molecule has 0 aliphatic carbocycles. The first kappa shape index (κ1) is 52.9. The largest absolute Gasteiger partial charge is 0.489 e. The minimum atomic E-state index is -4.04. The fourth-order valence-corrected chi connectivity index (χ4v) is 8.89. The smallest absolute Gasteiger partial charge is 0.488 e. The Balaban J connectivity index is 0.000000186. The Labute approximate surface area is 424 Å². The van der Waals surface area contributed by atoms with E-state index in [1.165, 1.54) is 36.4 Å². The van der Waals surface area contributed by atoms with Gasteiger partial charge in [-0.05, 0) is 113 Å². The van der Waals surface area contributed by atoms with Gasteiger partial charge in [-0.25, -0.2) is 27.1 Å². The Hall–Kier alpha value is -6.44. The Bertz CT molecular complexity index is 3320. The topological polar surface area (TPSA) is 213 Å². The number of sulfonamides is 2. The third-order valence-electron chi connectivity index (χ3n) is 10.1. The number of benzene rings is 8. The number of nitrogens with two attached hydrogens (primary N) is 2. The van der Waals surface area contributed by atoms with E-state index in [0.29, 0.717) is 35.6 Å². The standard InChI is InChI=1S/C26H20ClNO4S.C13H13BO3.C13H9BrClNO3S/c27-24-14-13-22(16-25(24)33(28,30)31)26(29)20-11-9-19(10-12-20)21-7-4-8-23(15-21)32-17-18-5-2-1-3-6-18;15-14(16)12-7-4-8-13(9-12)17-10-11-5-2-1-3-6-11;14-10-4-1-8(2-5-10)13(17)9-3-6-11(15)12(7-9)20(16,18)19/h1-16H,17H2,(H2,28,30,31);1-9,15-16H,10H2;1-7H,(H2,16,18,19). The molecule has 0 aromatic heterocycles. The van der Waals surface area contributed by atoms with E-state index < -0.39 is 27.2 Å². The molecule has 0 radical (unpaired) electrons. The normalized spacial score (nSPS) is 11.0. The molecule has 0 saturated heterocycles. The third-order valence-corrected chi connectivity index (χ3v) is 13.4. The fourth-order valence-electron chi connectivity index (χ4n) is 6.49. The molecule has 8 aromatic rings. The van der Waals surface area contributed by atoms with E-state index in [0.717, 1.165) is 32.5 Å². The molecule has 0 unspecified atom stereocenters. The molecule has 70 heavy (non-hydrogen) atoms. The number of ether oxygens (including phenoxy) is 2. The monoisotopic (exact) mass is 1080 g/mol. The van der Waals surface area contributed by atoms with Crippen LogP contribution in [0.5, 0.6) is 11.5 Å². The Kier molecular flexibility index (Phi) is 18.5. The number of rotatable bonds is 14. The molecule has 0 bridgehead atoms. The second-order valence-corrected chi connectivity index (χ2v) is 19.9. The van der Waals surface area contributed by atoms with Crippen LogP contribution in [0.4, 0.5) is 0 Å². The Morgan fingerprint density at radius 3 is 1.34 bits per heavy atom. The summed E-state index contributed by atoms with van der Waals surface area (Å²) in [6, 6.07) is 56.0. The summed E-state index contributed by atoms with van der Waals surface area (Å²) in [5, 5.41) is 28.3. The summed E-state index contributed by atoms with van der Waals surface area (Å²) < 4.78 is 58.5. The second kappa shape index (κ2) is 24.4. The van der Waals surface area contributed by atoms with Crippen LogP contribution in [-0.2, 0) is 33.3 Å². The lowest BCUT2D eigenvalue weighted by Crippen LogP contribution is -2.29. The maximum absolute atomic E-state index is 12.9. The fraction of sp³-hybridized carbons (Fsp3) is 0.0385. The van der Waals surface area contributed by atoms with Gasteiger partial charge in [0.25, 0.3) is 0 Å². The third kappa shape index (κ3) is 15.3. The average Bonchev–Trinajstić information content (AvgIpc) is 3.36. The van der Waals surface area contributed by atoms with Gasteiger partial charge in [-0.2, -0.15) is 0 Å². The molecule has 0 spiro atoms. The quantitative estimate of drug-likeness (QED) is 0.0598. The summed E-state index contributed by atoms with van der Waals surface area (Å²) in [4.78, 5) is 24.6. The first-order valence-electron chi connectivity index (χ1n) is 20.9. The van der Waals surface area contributed by atoms with E-state index in [1.807, 2.05) is 97.1 Å². The van der Waals surface area contributed by atoms with Gasteiger partial charge in [0.15, 0.2) is 11.6 Å². The lowest BCUT2D eigenvalue weighted by Gasteiger charge is -2.09. The summed E-state index contributed by atoms with van der Waals surface area (Å²) >= 11 is 15.0. The molecule has 0 aliphatic rings. The van der Waals surface area contributed by atoms with E-state index in [9.17, 15) is 26.4 Å². The van der Waals surface area contributed by atoms with E-state index >= 15 is 0 Å². The lowest BCUT2D eigenvalue weighted by molar-refractivity contribution is 0.103. The molecule has 0 aliphatic heterocycles. The van der Waals surface area contributed by atoms with Crippen molar-refractivity contribution in [1.82, 2.24) is 0 Å². The van der Waals surface area contributed by atoms with Crippen molar-refractivity contribution < 1.29 is 45.9 Å². The summed E-state index contributed by atoms with van der Waals surface area (Å²) in [7, 11) is -9.47. The maximum Gasteiger partial charge on any atom is 0.488 e. The number of hydrogen-bond acceptors (Lipinski definition) is 10. The van der Waals surface area contributed by atoms with Crippen LogP contribution in [0.25, 0.3) is 11.1 Å². The SMILES string of the molecule is NS(=O)(=O)c1cc(C(=O)c2ccc(-c3cccc(OCc4ccccc4)c3)cc2)ccc1Cl.NS(=O)(=O)c1cc(C(=O)c2ccc(Br)cc2)ccc1Cl.OB(O)c1cccc(OCc2ccccc2)c1. The highest BCUT2D eigenvalue weighted by Gasteiger charge is 2.19. The molecule has 0 saturated carbocycles. The molecule has 356 valence electrons. The van der Waals surface area contributed by atoms with Gasteiger partial charge in [-0.3, -0.25) is 9.59 Å². The van der Waals surface area contributed by atoms with Gasteiger partial charge in [-0.15, -0.1) is 0 Å². The number of carbonyl (C=O) groups is 2. The second-order valence-electron chi connectivity index (χ2n) is 15.1. The number of carbonyl (C=O) groups excluding carboxylic acids is 2. The van der Waals surface area contributed by atoms with Crippen LogP contribution in [-0.4, -0.2) is 45.6 Å². The predicted molar refractivity (Wildman–Crippen MR) is 276 cm³/mol. The highest BCUT2D eigenvalue weighted by atomic mass is 79.9. The Morgan fingerprint density at radius 1 is 0.486 bits per heavy atom. The summed E-state index contributed by atoms with van der Waals surface area (Å²) in [6.07, 6.45) is 0. The number of ketones is 2. The van der Waals surface area contributed by atoms with Gasteiger partial charge >= 0.3 is 7.12 Å². The molecule has 0 atom stereocenters. The van der Waals surface area contributed by atoms with Crippen LogP contribution in [0.1, 0.15) is 43.0 Å². The van der Waals surface area contributed by atoms with Crippen molar-refractivity contribution in [3.63, 3.8) is 0 Å². The number of hydrogen-bond donors (Lipinski definition) is 4. The maximum atomic E-state index is 12.9. The predicted octanol–water partition coefficient (Wildman–Crippen LogP) is 9.39. The first-order valence-corrected chi connectivity index (χ1v) is 25.5. The van der Waals surface area contributed by atoms with Gasteiger partial charge in [0.1, 0.15) is 34.5 Å². The molecule has 0 heterocycles. The first-order chi connectivity index (χ1) is 33.3. The van der Waals surface area contributed by atoms with E-state index in [1.54, 1.807) is 60.7 Å². The molecule has 0 fully saturated rings. The van der Waals surface area contributed by atoms with Crippen LogP contribution >= 0.6 is 39.1 Å². The summed E-state index contributed by atoms with van der Waals surface area (Å²) in [5.41, 5.74) is 5.69. The zero-order chi connectivity index (χ0) is 50.4. The van der Waals surface area contributed by atoms with Crippen LogP contribution in [0.3, 0.4) is 0 Å². The molecule has 8 aromatic carbocycles. The summed E-state index contributed by atoms with van der Waals surface area (Å²) in [5.74, 6) is 0.731. The molecule has 12 nitrogen and oxygen atoms in total. The van der Waals surface area contributed by atoms with Gasteiger partial charge in [0.2, 0.25) is 20.0 Å². The van der Waals surface area contributed by atoms with Crippen molar-refractivity contribution >= 4 is 83.3 Å². The van der Waals surface area contributed by atoms with Crippen LogP contribution in [0.2, 0.25) is 10.0 Å².